The Hall–Kier alpha value is -2.14. The highest BCUT2D eigenvalue weighted by molar-refractivity contribution is 5.72. The Bertz CT molecular complexity index is 822. The fourth-order valence-electron chi connectivity index (χ4n) is 4.74. The first-order valence-corrected chi connectivity index (χ1v) is 8.83. The number of nitrogen functional groups attached to an aromatic ring is 1. The summed E-state index contributed by atoms with van der Waals surface area (Å²) in [7, 11) is 0. The zero-order chi connectivity index (χ0) is 16.7. The lowest BCUT2D eigenvalue weighted by Crippen LogP contribution is -2.43. The molecular weight excluding hydrogens is 300 g/mol. The first kappa shape index (κ1) is 15.4. The molecule has 24 heavy (non-hydrogen) atoms. The highest BCUT2D eigenvalue weighted by Gasteiger charge is 2.44. The van der Waals surface area contributed by atoms with Crippen molar-refractivity contribution in [1.82, 2.24) is 9.97 Å². The van der Waals surface area contributed by atoms with E-state index in [1.165, 1.54) is 37.7 Å². The molecule has 0 bridgehead atoms. The molecule has 2 aliphatic carbocycles. The van der Waals surface area contributed by atoms with Crippen LogP contribution < -0.4 is 16.8 Å². The number of rotatable bonds is 2. The third kappa shape index (κ3) is 2.26. The lowest BCUT2D eigenvalue weighted by atomic mass is 9.60. The van der Waals surface area contributed by atoms with E-state index >= 15 is 0 Å². The van der Waals surface area contributed by atoms with Crippen LogP contribution in [0.25, 0.3) is 11.3 Å². The summed E-state index contributed by atoms with van der Waals surface area (Å²) in [4.78, 5) is 20.4. The van der Waals surface area contributed by atoms with E-state index < -0.39 is 0 Å². The van der Waals surface area contributed by atoms with Crippen LogP contribution in [0.3, 0.4) is 0 Å². The molecule has 1 aromatic heterocycles. The van der Waals surface area contributed by atoms with Gasteiger partial charge in [-0.05, 0) is 30.7 Å². The molecule has 1 heterocycles. The molecule has 1 fully saturated rings. The average molecular weight is 324 g/mol. The van der Waals surface area contributed by atoms with Crippen molar-refractivity contribution in [3.63, 3.8) is 0 Å². The molecule has 4 rings (SSSR count). The van der Waals surface area contributed by atoms with Gasteiger partial charge in [0.25, 0.3) is 5.56 Å². The second kappa shape index (κ2) is 5.74. The van der Waals surface area contributed by atoms with Crippen LogP contribution in [-0.4, -0.2) is 9.97 Å². The van der Waals surface area contributed by atoms with Gasteiger partial charge in [-0.15, -0.1) is 0 Å². The van der Waals surface area contributed by atoms with Crippen molar-refractivity contribution in [3.05, 3.63) is 45.7 Å². The summed E-state index contributed by atoms with van der Waals surface area (Å²) in [5.41, 5.74) is 6.23. The van der Waals surface area contributed by atoms with Gasteiger partial charge in [-0.25, -0.2) is 10.8 Å². The van der Waals surface area contributed by atoms with Crippen LogP contribution in [-0.2, 0) is 11.8 Å². The van der Waals surface area contributed by atoms with E-state index in [4.69, 9.17) is 5.84 Å². The Morgan fingerprint density at radius 1 is 1.25 bits per heavy atom. The number of nitrogens with two attached hydrogens (primary N) is 1. The fraction of sp³-hybridized carbons (Fsp3) is 0.474. The molecule has 0 aliphatic heterocycles. The van der Waals surface area contributed by atoms with Crippen molar-refractivity contribution >= 4 is 5.95 Å². The van der Waals surface area contributed by atoms with Crippen molar-refractivity contribution in [2.24, 2.45) is 11.8 Å². The minimum atomic E-state index is -0.169. The van der Waals surface area contributed by atoms with Gasteiger partial charge in [0.2, 0.25) is 5.95 Å². The zero-order valence-electron chi connectivity index (χ0n) is 14.1. The van der Waals surface area contributed by atoms with Crippen LogP contribution in [0.2, 0.25) is 0 Å². The number of hydrazine groups is 1. The van der Waals surface area contributed by atoms with Gasteiger partial charge in [0.05, 0.1) is 11.3 Å². The standard InChI is InChI=1S/C19H24N4O/c1-19(13-8-3-2-4-9-13)11-12-7-5-6-10-14(12)16-15(19)17(24)22-18(21-16)23-20/h5-7,10,13H,2-4,8-9,11,20H2,1H3,(H2,21,22,23,24). The van der Waals surface area contributed by atoms with Gasteiger partial charge in [-0.2, -0.15) is 0 Å². The summed E-state index contributed by atoms with van der Waals surface area (Å²) < 4.78 is 0. The van der Waals surface area contributed by atoms with Crippen LogP contribution in [0.4, 0.5) is 5.95 Å². The molecule has 1 aromatic carbocycles. The van der Waals surface area contributed by atoms with E-state index in [2.05, 4.69) is 40.5 Å². The van der Waals surface area contributed by atoms with Crippen molar-refractivity contribution in [2.45, 2.75) is 50.9 Å². The van der Waals surface area contributed by atoms with E-state index in [1.54, 1.807) is 0 Å². The molecule has 4 N–H and O–H groups in total. The van der Waals surface area contributed by atoms with E-state index in [1.807, 2.05) is 6.07 Å². The van der Waals surface area contributed by atoms with Crippen LogP contribution in [0.15, 0.2) is 29.1 Å². The Morgan fingerprint density at radius 3 is 2.75 bits per heavy atom. The maximum atomic E-state index is 12.9. The second-order valence-corrected chi connectivity index (χ2v) is 7.37. The van der Waals surface area contributed by atoms with E-state index in [-0.39, 0.29) is 11.0 Å². The van der Waals surface area contributed by atoms with Crippen molar-refractivity contribution in [1.29, 1.82) is 0 Å². The van der Waals surface area contributed by atoms with Crippen molar-refractivity contribution in [2.75, 3.05) is 5.43 Å². The minimum absolute atomic E-state index is 0.0597. The number of nitrogens with zero attached hydrogens (tertiary/aromatic N) is 1. The largest absolute Gasteiger partial charge is 0.294 e. The monoisotopic (exact) mass is 324 g/mol. The van der Waals surface area contributed by atoms with Gasteiger partial charge in [0, 0.05) is 11.0 Å². The van der Waals surface area contributed by atoms with E-state index in [0.717, 1.165) is 23.2 Å². The summed E-state index contributed by atoms with van der Waals surface area (Å²) in [5.74, 6) is 6.35. The second-order valence-electron chi connectivity index (χ2n) is 7.37. The molecule has 2 aromatic rings. The molecule has 0 radical (unpaired) electrons. The molecule has 126 valence electrons. The highest BCUT2D eigenvalue weighted by atomic mass is 16.1. The molecule has 1 saturated carbocycles. The summed E-state index contributed by atoms with van der Waals surface area (Å²) in [5, 5.41) is 0. The fourth-order valence-corrected chi connectivity index (χ4v) is 4.74. The Kier molecular flexibility index (Phi) is 3.68. The van der Waals surface area contributed by atoms with Crippen LogP contribution in [0.1, 0.15) is 50.2 Å². The van der Waals surface area contributed by atoms with Crippen LogP contribution in [0.5, 0.6) is 0 Å². The maximum absolute atomic E-state index is 12.9. The summed E-state index contributed by atoms with van der Waals surface area (Å²) in [6, 6.07) is 8.30. The number of nitrogens with one attached hydrogen (secondary N) is 2. The molecule has 0 saturated heterocycles. The van der Waals surface area contributed by atoms with Gasteiger partial charge in [0.15, 0.2) is 0 Å². The first-order valence-electron chi connectivity index (χ1n) is 8.83. The van der Waals surface area contributed by atoms with E-state index in [0.29, 0.717) is 11.9 Å². The molecule has 5 nitrogen and oxygen atoms in total. The lowest BCUT2D eigenvalue weighted by molar-refractivity contribution is 0.213. The molecule has 1 unspecified atom stereocenters. The highest BCUT2D eigenvalue weighted by Crippen LogP contribution is 2.48. The van der Waals surface area contributed by atoms with Gasteiger partial charge in [0.1, 0.15) is 0 Å². The number of fused-ring (bicyclic) bond motifs is 3. The van der Waals surface area contributed by atoms with Crippen molar-refractivity contribution in [3.8, 4) is 11.3 Å². The van der Waals surface area contributed by atoms with Crippen LogP contribution in [0, 0.1) is 5.92 Å². The normalized spacial score (nSPS) is 23.4. The smallest absolute Gasteiger partial charge is 0.256 e. The van der Waals surface area contributed by atoms with Crippen molar-refractivity contribution < 1.29 is 0 Å². The Balaban J connectivity index is 1.96. The Morgan fingerprint density at radius 2 is 2.00 bits per heavy atom. The number of aromatic amines is 1. The molecule has 2 aliphatic rings. The summed E-state index contributed by atoms with van der Waals surface area (Å²) >= 11 is 0. The first-order chi connectivity index (χ1) is 11.6. The molecule has 5 heteroatoms. The molecule has 0 amide bonds. The van der Waals surface area contributed by atoms with Gasteiger partial charge in [-0.3, -0.25) is 15.2 Å². The third-order valence-corrected chi connectivity index (χ3v) is 5.96. The Labute approximate surface area is 141 Å². The topological polar surface area (TPSA) is 83.8 Å². The predicted octanol–water partition coefficient (Wildman–Crippen LogP) is 3.12. The number of H-pyrrole nitrogens is 1. The molecular formula is C19H24N4O. The predicted molar refractivity (Wildman–Crippen MR) is 95.7 cm³/mol. The quantitative estimate of drug-likeness (QED) is 0.585. The number of anilines is 1. The van der Waals surface area contributed by atoms with E-state index in [9.17, 15) is 4.79 Å². The van der Waals surface area contributed by atoms with Gasteiger partial charge >= 0.3 is 0 Å². The maximum Gasteiger partial charge on any atom is 0.256 e. The third-order valence-electron chi connectivity index (χ3n) is 5.96. The summed E-state index contributed by atoms with van der Waals surface area (Å²) in [6.07, 6.45) is 7.10. The molecule has 1 atom stereocenters. The van der Waals surface area contributed by atoms with Gasteiger partial charge in [-0.1, -0.05) is 50.5 Å². The van der Waals surface area contributed by atoms with Crippen LogP contribution >= 0.6 is 0 Å². The molecule has 0 spiro atoms. The minimum Gasteiger partial charge on any atom is -0.294 e. The number of hydrogen-bond acceptors (Lipinski definition) is 4. The SMILES string of the molecule is CC1(C2CCCCC2)Cc2ccccc2-c2nc(NN)[nH]c(=O)c21. The van der Waals surface area contributed by atoms with Gasteiger partial charge < -0.3 is 0 Å². The zero-order valence-corrected chi connectivity index (χ0v) is 14.1. The summed E-state index contributed by atoms with van der Waals surface area (Å²) in [6.45, 7) is 2.25. The number of hydrogen-bond donors (Lipinski definition) is 3. The average Bonchev–Trinajstić information content (AvgIpc) is 2.62. The lowest BCUT2D eigenvalue weighted by Gasteiger charge is -2.43. The number of aromatic nitrogens is 2. The number of benzene rings is 1.